The molecule has 1 aromatic heterocycles. The molecule has 2 heterocycles. The van der Waals surface area contributed by atoms with Crippen molar-refractivity contribution in [3.8, 4) is 6.07 Å². The second-order valence-electron chi connectivity index (χ2n) is 4.87. The summed E-state index contributed by atoms with van der Waals surface area (Å²) >= 11 is 8.42. The Morgan fingerprint density at radius 1 is 1.59 bits per heavy atom. The highest BCUT2D eigenvalue weighted by atomic mass is 127. The fraction of sp³-hybridized carbons (Fsp3) is 0.500. The topological polar surface area (TPSA) is 39.9 Å². The molecule has 0 spiro atoms. The first-order chi connectivity index (χ1) is 7.95. The lowest BCUT2D eigenvalue weighted by atomic mass is 9.75. The molecule has 1 aliphatic heterocycles. The van der Waals surface area contributed by atoms with Crippen molar-refractivity contribution in [2.45, 2.75) is 13.8 Å². The van der Waals surface area contributed by atoms with Gasteiger partial charge in [-0.1, -0.05) is 11.6 Å². The van der Waals surface area contributed by atoms with Crippen molar-refractivity contribution in [3.63, 3.8) is 0 Å². The van der Waals surface area contributed by atoms with Gasteiger partial charge in [-0.05, 0) is 42.5 Å². The van der Waals surface area contributed by atoms with Gasteiger partial charge in [0.1, 0.15) is 5.82 Å². The van der Waals surface area contributed by atoms with Crippen LogP contribution in [0.25, 0.3) is 0 Å². The van der Waals surface area contributed by atoms with Crippen LogP contribution in [0.5, 0.6) is 0 Å². The molecule has 1 aliphatic rings. The van der Waals surface area contributed by atoms with Crippen molar-refractivity contribution < 1.29 is 0 Å². The SMILES string of the molecule is CC(C)(C#N)C1CN(c2nccc(I)c2Cl)C1. The van der Waals surface area contributed by atoms with E-state index in [0.717, 1.165) is 22.5 Å². The van der Waals surface area contributed by atoms with Gasteiger partial charge < -0.3 is 4.90 Å². The molecule has 0 radical (unpaired) electrons. The van der Waals surface area contributed by atoms with E-state index in [2.05, 4.69) is 38.5 Å². The first-order valence-electron chi connectivity index (χ1n) is 5.42. The van der Waals surface area contributed by atoms with Gasteiger partial charge in [-0.25, -0.2) is 4.98 Å². The predicted molar refractivity (Wildman–Crippen MR) is 77.1 cm³/mol. The van der Waals surface area contributed by atoms with E-state index >= 15 is 0 Å². The number of nitrogens with zero attached hydrogens (tertiary/aromatic N) is 3. The number of anilines is 1. The Labute approximate surface area is 120 Å². The molecule has 0 unspecified atom stereocenters. The van der Waals surface area contributed by atoms with E-state index in [0.29, 0.717) is 10.9 Å². The highest BCUT2D eigenvalue weighted by Gasteiger charge is 2.40. The standard InChI is InChI=1S/C12H13ClIN3/c1-12(2,7-15)8-5-17(6-8)11-10(13)9(14)3-4-16-11/h3-4,8H,5-6H2,1-2H3. The van der Waals surface area contributed by atoms with Crippen LogP contribution in [0.15, 0.2) is 12.3 Å². The molecular formula is C12H13ClIN3. The smallest absolute Gasteiger partial charge is 0.148 e. The van der Waals surface area contributed by atoms with Gasteiger partial charge in [0.05, 0.1) is 16.5 Å². The largest absolute Gasteiger partial charge is 0.355 e. The summed E-state index contributed by atoms with van der Waals surface area (Å²) in [5.74, 6) is 1.23. The van der Waals surface area contributed by atoms with E-state index < -0.39 is 0 Å². The molecule has 1 aromatic rings. The van der Waals surface area contributed by atoms with Crippen molar-refractivity contribution >= 4 is 40.0 Å². The van der Waals surface area contributed by atoms with Crippen LogP contribution < -0.4 is 4.90 Å². The van der Waals surface area contributed by atoms with Gasteiger partial charge >= 0.3 is 0 Å². The number of nitriles is 1. The van der Waals surface area contributed by atoms with Crippen molar-refractivity contribution in [2.75, 3.05) is 18.0 Å². The summed E-state index contributed by atoms with van der Waals surface area (Å²) in [7, 11) is 0. The van der Waals surface area contributed by atoms with Crippen LogP contribution in [0.3, 0.4) is 0 Å². The molecule has 3 nitrogen and oxygen atoms in total. The van der Waals surface area contributed by atoms with Gasteiger partial charge in [0.25, 0.3) is 0 Å². The zero-order valence-corrected chi connectivity index (χ0v) is 12.7. The molecule has 1 fully saturated rings. The average molecular weight is 362 g/mol. The average Bonchev–Trinajstić information content (AvgIpc) is 2.22. The molecule has 0 amide bonds. The van der Waals surface area contributed by atoms with E-state index in [1.165, 1.54) is 0 Å². The summed E-state index contributed by atoms with van der Waals surface area (Å²) < 4.78 is 1.01. The maximum atomic E-state index is 9.07. The zero-order valence-electron chi connectivity index (χ0n) is 9.74. The first-order valence-corrected chi connectivity index (χ1v) is 6.87. The van der Waals surface area contributed by atoms with Crippen molar-refractivity contribution in [1.82, 2.24) is 4.98 Å². The van der Waals surface area contributed by atoms with Gasteiger partial charge in [-0.15, -0.1) is 0 Å². The molecule has 0 aromatic carbocycles. The van der Waals surface area contributed by atoms with Crippen LogP contribution in [0, 0.1) is 26.2 Å². The summed E-state index contributed by atoms with van der Waals surface area (Å²) in [5.41, 5.74) is -0.273. The zero-order chi connectivity index (χ0) is 12.6. The van der Waals surface area contributed by atoms with Crippen LogP contribution in [0.1, 0.15) is 13.8 Å². The molecule has 1 saturated heterocycles. The summed E-state index contributed by atoms with van der Waals surface area (Å²) in [6, 6.07) is 4.25. The highest BCUT2D eigenvalue weighted by Crippen LogP contribution is 2.38. The van der Waals surface area contributed by atoms with E-state index in [9.17, 15) is 0 Å². The lowest BCUT2D eigenvalue weighted by Gasteiger charge is -2.45. The Hall–Kier alpha value is -0.540. The number of hydrogen-bond donors (Lipinski definition) is 0. The summed E-state index contributed by atoms with van der Waals surface area (Å²) in [6.07, 6.45) is 1.77. The summed E-state index contributed by atoms with van der Waals surface area (Å²) in [4.78, 5) is 6.44. The van der Waals surface area contributed by atoms with Gasteiger partial charge in [-0.2, -0.15) is 5.26 Å². The van der Waals surface area contributed by atoms with Crippen LogP contribution >= 0.6 is 34.2 Å². The number of aromatic nitrogens is 1. The monoisotopic (exact) mass is 361 g/mol. The fourth-order valence-electron chi connectivity index (χ4n) is 1.83. The molecule has 0 atom stereocenters. The van der Waals surface area contributed by atoms with E-state index in [-0.39, 0.29) is 5.41 Å². The molecule has 0 aliphatic carbocycles. The Morgan fingerprint density at radius 2 is 2.24 bits per heavy atom. The first kappa shape index (κ1) is 12.9. The summed E-state index contributed by atoms with van der Waals surface area (Å²) in [5, 5.41) is 9.78. The van der Waals surface area contributed by atoms with Crippen molar-refractivity contribution in [3.05, 3.63) is 20.9 Å². The molecule has 0 saturated carbocycles. The quantitative estimate of drug-likeness (QED) is 0.759. The van der Waals surface area contributed by atoms with E-state index in [1.54, 1.807) is 6.20 Å². The molecule has 0 bridgehead atoms. The minimum Gasteiger partial charge on any atom is -0.355 e. The van der Waals surface area contributed by atoms with Gasteiger partial charge in [0.2, 0.25) is 0 Å². The van der Waals surface area contributed by atoms with Gasteiger partial charge in [-0.3, -0.25) is 0 Å². The molecule has 90 valence electrons. The second-order valence-corrected chi connectivity index (χ2v) is 6.41. The Balaban J connectivity index is 2.11. The molecule has 5 heteroatoms. The molecule has 2 rings (SSSR count). The number of rotatable bonds is 2. The lowest BCUT2D eigenvalue weighted by molar-refractivity contribution is 0.237. The third-order valence-corrected chi connectivity index (χ3v) is 4.90. The normalized spacial score (nSPS) is 16.5. The van der Waals surface area contributed by atoms with Crippen LogP contribution in [-0.2, 0) is 0 Å². The van der Waals surface area contributed by atoms with Crippen LogP contribution in [-0.4, -0.2) is 18.1 Å². The van der Waals surface area contributed by atoms with E-state index in [1.807, 2.05) is 19.9 Å². The summed E-state index contributed by atoms with van der Waals surface area (Å²) in [6.45, 7) is 5.68. The van der Waals surface area contributed by atoms with Crippen molar-refractivity contribution in [1.29, 1.82) is 5.26 Å². The number of pyridine rings is 1. The third kappa shape index (κ3) is 2.36. The highest BCUT2D eigenvalue weighted by molar-refractivity contribution is 14.1. The Kier molecular flexibility index (Phi) is 3.50. The lowest BCUT2D eigenvalue weighted by Crippen LogP contribution is -2.53. The van der Waals surface area contributed by atoms with Gasteiger partial charge in [0.15, 0.2) is 0 Å². The predicted octanol–water partition coefficient (Wildman–Crippen LogP) is 3.33. The maximum Gasteiger partial charge on any atom is 0.148 e. The third-order valence-electron chi connectivity index (χ3n) is 3.31. The number of hydrogen-bond acceptors (Lipinski definition) is 3. The van der Waals surface area contributed by atoms with Crippen LogP contribution in [0.2, 0.25) is 5.02 Å². The van der Waals surface area contributed by atoms with Crippen molar-refractivity contribution in [2.24, 2.45) is 11.3 Å². The maximum absolute atomic E-state index is 9.07. The van der Waals surface area contributed by atoms with E-state index in [4.69, 9.17) is 16.9 Å². The Bertz CT molecular complexity index is 475. The molecule has 17 heavy (non-hydrogen) atoms. The van der Waals surface area contributed by atoms with Crippen LogP contribution in [0.4, 0.5) is 5.82 Å². The second kappa shape index (κ2) is 4.62. The molecular weight excluding hydrogens is 349 g/mol. The minimum atomic E-state index is -0.273. The van der Waals surface area contributed by atoms with Gasteiger partial charge in [0, 0.05) is 28.8 Å². The fourth-order valence-corrected chi connectivity index (χ4v) is 2.46. The minimum absolute atomic E-state index is 0.273. The number of halogens is 2. The molecule has 0 N–H and O–H groups in total. The Morgan fingerprint density at radius 3 is 2.82 bits per heavy atom.